The van der Waals surface area contributed by atoms with Crippen LogP contribution >= 0.6 is 0 Å². The van der Waals surface area contributed by atoms with Crippen LogP contribution in [-0.2, 0) is 0 Å². The molecule has 2 heteroatoms. The fourth-order valence-corrected chi connectivity index (χ4v) is 4.11. The van der Waals surface area contributed by atoms with Crippen molar-refractivity contribution in [3.8, 4) is 0 Å². The van der Waals surface area contributed by atoms with E-state index in [9.17, 15) is 5.21 Å². The second-order valence-corrected chi connectivity index (χ2v) is 6.18. The third-order valence-electron chi connectivity index (χ3n) is 5.02. The third-order valence-corrected chi connectivity index (χ3v) is 5.02. The Morgan fingerprint density at radius 2 is 1.45 bits per heavy atom. The maximum Gasteiger partial charge on any atom is 0.0648 e. The van der Waals surface area contributed by atoms with Crippen LogP contribution in [0.15, 0.2) is 71.4 Å². The molecule has 2 unspecified atom stereocenters. The summed E-state index contributed by atoms with van der Waals surface area (Å²) in [6.07, 6.45) is 3.24. The Morgan fingerprint density at radius 3 is 1.95 bits per heavy atom. The lowest BCUT2D eigenvalue weighted by Gasteiger charge is -2.16. The first-order valence-corrected chi connectivity index (χ1v) is 7.94. The monoisotopic (exact) mass is 289 g/mol. The van der Waals surface area contributed by atoms with Crippen molar-refractivity contribution >= 4 is 11.3 Å². The van der Waals surface area contributed by atoms with Gasteiger partial charge >= 0.3 is 0 Å². The molecule has 110 valence electrons. The fourth-order valence-electron chi connectivity index (χ4n) is 4.11. The lowest BCUT2D eigenvalue weighted by molar-refractivity contribution is 0.313. The van der Waals surface area contributed by atoms with Crippen molar-refractivity contribution in [1.82, 2.24) is 0 Å². The molecular formula is C20H19NO. The van der Waals surface area contributed by atoms with Gasteiger partial charge in [0.2, 0.25) is 0 Å². The van der Waals surface area contributed by atoms with Gasteiger partial charge in [-0.2, -0.15) is 0 Å². The van der Waals surface area contributed by atoms with Crippen molar-refractivity contribution in [2.24, 2.45) is 17.0 Å². The van der Waals surface area contributed by atoms with E-state index in [-0.39, 0.29) is 0 Å². The van der Waals surface area contributed by atoms with E-state index in [1.807, 2.05) is 0 Å². The second kappa shape index (κ2) is 5.45. The van der Waals surface area contributed by atoms with E-state index in [4.69, 9.17) is 0 Å². The maximum atomic E-state index is 9.29. The van der Waals surface area contributed by atoms with E-state index in [0.29, 0.717) is 11.8 Å². The zero-order valence-corrected chi connectivity index (χ0v) is 12.4. The molecule has 0 saturated heterocycles. The molecule has 2 bridgehead atoms. The van der Waals surface area contributed by atoms with Crippen molar-refractivity contribution in [3.05, 3.63) is 77.4 Å². The Labute approximate surface area is 130 Å². The SMILES string of the molecule is ON=C1CC2CCC1C2=C(c1ccccc1)c1ccccc1. The average molecular weight is 289 g/mol. The predicted octanol–water partition coefficient (Wildman–Crippen LogP) is 4.75. The normalized spacial score (nSPS) is 24.9. The Bertz CT molecular complexity index is 689. The van der Waals surface area contributed by atoms with Crippen LogP contribution in [0.3, 0.4) is 0 Å². The van der Waals surface area contributed by atoms with Crippen molar-refractivity contribution in [1.29, 1.82) is 0 Å². The summed E-state index contributed by atoms with van der Waals surface area (Å²) in [6.45, 7) is 0. The molecule has 4 rings (SSSR count). The highest BCUT2D eigenvalue weighted by molar-refractivity contribution is 5.98. The topological polar surface area (TPSA) is 32.6 Å². The van der Waals surface area contributed by atoms with E-state index in [1.165, 1.54) is 28.7 Å². The summed E-state index contributed by atoms with van der Waals surface area (Å²) in [5.41, 5.74) is 6.31. The zero-order chi connectivity index (χ0) is 14.9. The molecule has 0 amide bonds. The van der Waals surface area contributed by atoms with Crippen molar-refractivity contribution < 1.29 is 5.21 Å². The highest BCUT2D eigenvalue weighted by atomic mass is 16.4. The van der Waals surface area contributed by atoms with Gasteiger partial charge < -0.3 is 5.21 Å². The number of allylic oxidation sites excluding steroid dienone is 1. The van der Waals surface area contributed by atoms with Gasteiger partial charge in [0.15, 0.2) is 0 Å². The third kappa shape index (κ3) is 2.07. The summed E-state index contributed by atoms with van der Waals surface area (Å²) in [7, 11) is 0. The predicted molar refractivity (Wildman–Crippen MR) is 89.0 cm³/mol. The minimum atomic E-state index is 0.324. The lowest BCUT2D eigenvalue weighted by Crippen LogP contribution is -2.09. The number of benzene rings is 2. The summed E-state index contributed by atoms with van der Waals surface area (Å²) in [6, 6.07) is 21.2. The van der Waals surface area contributed by atoms with Gasteiger partial charge in [-0.3, -0.25) is 0 Å². The molecule has 2 aliphatic rings. The number of nitrogens with zero attached hydrogens (tertiary/aromatic N) is 1. The van der Waals surface area contributed by atoms with Gasteiger partial charge in [0, 0.05) is 5.92 Å². The smallest absolute Gasteiger partial charge is 0.0648 e. The Kier molecular flexibility index (Phi) is 3.30. The van der Waals surface area contributed by atoms with E-state index < -0.39 is 0 Å². The molecule has 2 aromatic rings. The van der Waals surface area contributed by atoms with Gasteiger partial charge in [-0.15, -0.1) is 0 Å². The van der Waals surface area contributed by atoms with Crippen LogP contribution in [0.25, 0.3) is 5.57 Å². The van der Waals surface area contributed by atoms with Crippen LogP contribution in [0.4, 0.5) is 0 Å². The fraction of sp³-hybridized carbons (Fsp3) is 0.250. The molecule has 2 nitrogen and oxygen atoms in total. The van der Waals surface area contributed by atoms with Crippen LogP contribution in [0, 0.1) is 11.8 Å². The zero-order valence-electron chi connectivity index (χ0n) is 12.4. The minimum Gasteiger partial charge on any atom is -0.411 e. The van der Waals surface area contributed by atoms with Crippen molar-refractivity contribution in [3.63, 3.8) is 0 Å². The molecule has 2 aromatic carbocycles. The first-order valence-electron chi connectivity index (χ1n) is 7.94. The van der Waals surface area contributed by atoms with Gasteiger partial charge in [-0.05, 0) is 47.5 Å². The summed E-state index contributed by atoms with van der Waals surface area (Å²) < 4.78 is 0. The first kappa shape index (κ1) is 13.3. The molecule has 0 radical (unpaired) electrons. The summed E-state index contributed by atoms with van der Waals surface area (Å²) in [4.78, 5) is 0. The highest BCUT2D eigenvalue weighted by Gasteiger charge is 2.43. The molecule has 2 saturated carbocycles. The van der Waals surface area contributed by atoms with Crippen LogP contribution in [0.1, 0.15) is 30.4 Å². The van der Waals surface area contributed by atoms with E-state index >= 15 is 0 Å². The Hall–Kier alpha value is -2.35. The molecule has 0 heterocycles. The van der Waals surface area contributed by atoms with Gasteiger partial charge in [0.1, 0.15) is 0 Å². The summed E-state index contributed by atoms with van der Waals surface area (Å²) in [5, 5.41) is 12.9. The van der Waals surface area contributed by atoms with E-state index in [1.54, 1.807) is 0 Å². The minimum absolute atomic E-state index is 0.324. The average Bonchev–Trinajstić information content (AvgIpc) is 3.15. The Morgan fingerprint density at radius 1 is 0.864 bits per heavy atom. The molecule has 1 N–H and O–H groups in total. The van der Waals surface area contributed by atoms with Crippen LogP contribution in [0.5, 0.6) is 0 Å². The number of fused-ring (bicyclic) bond motifs is 2. The number of hydrogen-bond acceptors (Lipinski definition) is 2. The van der Waals surface area contributed by atoms with Crippen LogP contribution in [-0.4, -0.2) is 10.9 Å². The standard InChI is InChI=1S/C20H19NO/c22-21-18-13-16-11-12-17(18)20(16)19(14-7-3-1-4-8-14)15-9-5-2-6-10-15/h1-10,16-17,22H,11-13H2. The Balaban J connectivity index is 1.95. The van der Waals surface area contributed by atoms with Crippen LogP contribution in [0.2, 0.25) is 0 Å². The van der Waals surface area contributed by atoms with Gasteiger partial charge in [-0.1, -0.05) is 65.8 Å². The van der Waals surface area contributed by atoms with E-state index in [2.05, 4.69) is 65.8 Å². The highest BCUT2D eigenvalue weighted by Crippen LogP contribution is 2.51. The van der Waals surface area contributed by atoms with Gasteiger partial charge in [0.25, 0.3) is 0 Å². The first-order chi connectivity index (χ1) is 10.9. The maximum absolute atomic E-state index is 9.29. The lowest BCUT2D eigenvalue weighted by atomic mass is 9.88. The summed E-state index contributed by atoms with van der Waals surface area (Å²) in [5.74, 6) is 0.858. The van der Waals surface area contributed by atoms with Crippen molar-refractivity contribution in [2.45, 2.75) is 19.3 Å². The molecule has 0 spiro atoms. The molecule has 0 aromatic heterocycles. The molecule has 2 fully saturated rings. The van der Waals surface area contributed by atoms with Crippen LogP contribution < -0.4 is 0 Å². The van der Waals surface area contributed by atoms with E-state index in [0.717, 1.165) is 18.6 Å². The quantitative estimate of drug-likeness (QED) is 0.628. The van der Waals surface area contributed by atoms with Gasteiger partial charge in [0.05, 0.1) is 5.71 Å². The largest absolute Gasteiger partial charge is 0.411 e. The summed E-state index contributed by atoms with van der Waals surface area (Å²) >= 11 is 0. The molecule has 2 atom stereocenters. The molecule has 22 heavy (non-hydrogen) atoms. The number of oxime groups is 1. The number of hydrogen-bond donors (Lipinski definition) is 1. The molecule has 2 aliphatic carbocycles. The number of rotatable bonds is 2. The molecule has 0 aliphatic heterocycles. The van der Waals surface area contributed by atoms with Crippen molar-refractivity contribution in [2.75, 3.05) is 0 Å². The second-order valence-electron chi connectivity index (χ2n) is 6.18. The molecular weight excluding hydrogens is 270 g/mol. The van der Waals surface area contributed by atoms with Gasteiger partial charge in [-0.25, -0.2) is 0 Å².